The van der Waals surface area contributed by atoms with Crippen LogP contribution in [0.4, 0.5) is 20.4 Å². The van der Waals surface area contributed by atoms with E-state index in [1.165, 1.54) is 6.07 Å². The molecule has 1 saturated heterocycles. The maximum Gasteiger partial charge on any atom is 0.326 e. The van der Waals surface area contributed by atoms with Gasteiger partial charge in [-0.25, -0.2) is 19.2 Å². The normalized spacial score (nSPS) is 19.2. The summed E-state index contributed by atoms with van der Waals surface area (Å²) in [5, 5.41) is 0.108. The Balaban J connectivity index is 1.53. The minimum Gasteiger partial charge on any atom is -0.421 e. The Hall–Kier alpha value is -3.83. The lowest BCUT2D eigenvalue weighted by Crippen LogP contribution is -2.44. The summed E-state index contributed by atoms with van der Waals surface area (Å²) in [6.07, 6.45) is 5.80. The van der Waals surface area contributed by atoms with Crippen molar-refractivity contribution in [3.05, 3.63) is 59.3 Å². The number of benzene rings is 1. The van der Waals surface area contributed by atoms with Gasteiger partial charge in [0.05, 0.1) is 5.52 Å². The van der Waals surface area contributed by atoms with Gasteiger partial charge in [0.2, 0.25) is 0 Å². The maximum atomic E-state index is 15.2. The van der Waals surface area contributed by atoms with Gasteiger partial charge in [0.25, 0.3) is 0 Å². The number of aromatic nitrogens is 3. The molecule has 4 heterocycles. The summed E-state index contributed by atoms with van der Waals surface area (Å²) >= 11 is 0. The fraction of sp³-hybridized carbons (Fsp3) is 0.320. The Morgan fingerprint density at radius 1 is 1.08 bits per heavy atom. The van der Waals surface area contributed by atoms with Gasteiger partial charge in [-0.05, 0) is 38.6 Å². The number of piperazine rings is 1. The van der Waals surface area contributed by atoms with Gasteiger partial charge in [-0.2, -0.15) is 9.97 Å². The lowest BCUT2D eigenvalue weighted by Gasteiger charge is -2.33. The molecule has 0 amide bonds. The van der Waals surface area contributed by atoms with E-state index in [0.717, 1.165) is 37.8 Å². The minimum atomic E-state index is -0.686. The second kappa shape index (κ2) is 10.0. The summed E-state index contributed by atoms with van der Waals surface area (Å²) in [5.74, 6) is -0.127. The van der Waals surface area contributed by atoms with E-state index >= 15 is 4.39 Å². The first-order valence-corrected chi connectivity index (χ1v) is 11.8. The van der Waals surface area contributed by atoms with Gasteiger partial charge in [-0.3, -0.25) is 0 Å². The lowest BCUT2D eigenvalue weighted by atomic mass is 10.2. The highest BCUT2D eigenvalue weighted by molar-refractivity contribution is 5.95. The summed E-state index contributed by atoms with van der Waals surface area (Å²) in [4.78, 5) is 20.7. The number of hydrazine groups is 1. The number of aryl methyl sites for hydroxylation is 1. The molecule has 1 fully saturated rings. The molecule has 0 aliphatic carbocycles. The zero-order valence-electron chi connectivity index (χ0n) is 20.4. The monoisotopic (exact) mass is 494 g/mol. The first-order chi connectivity index (χ1) is 17.4. The van der Waals surface area contributed by atoms with Crippen LogP contribution in [0.1, 0.15) is 12.6 Å². The quantitative estimate of drug-likeness (QED) is 0.509. The van der Waals surface area contributed by atoms with Crippen LogP contribution in [-0.4, -0.2) is 65.5 Å². The van der Waals surface area contributed by atoms with Crippen molar-refractivity contribution in [2.75, 3.05) is 44.7 Å². The first-order valence-electron chi connectivity index (χ1n) is 11.8. The van der Waals surface area contributed by atoms with E-state index in [4.69, 9.17) is 4.74 Å². The average molecular weight is 495 g/mol. The van der Waals surface area contributed by atoms with Crippen LogP contribution >= 0.6 is 0 Å². The van der Waals surface area contributed by atoms with Crippen molar-refractivity contribution in [2.45, 2.75) is 13.8 Å². The second-order valence-electron chi connectivity index (χ2n) is 8.84. The number of fused-ring (bicyclic) bond motifs is 1. The molecule has 2 aliphatic heterocycles. The Kier molecular flexibility index (Phi) is 6.66. The molecule has 5 rings (SSSR count). The molecule has 3 N–H and O–H groups in total. The van der Waals surface area contributed by atoms with Crippen molar-refractivity contribution in [3.63, 3.8) is 0 Å². The molecule has 0 saturated carbocycles. The van der Waals surface area contributed by atoms with E-state index in [9.17, 15) is 4.39 Å². The smallest absolute Gasteiger partial charge is 0.326 e. The third kappa shape index (κ3) is 5.07. The number of amidine groups is 1. The van der Waals surface area contributed by atoms with Crippen molar-refractivity contribution in [1.29, 1.82) is 0 Å². The number of halogens is 2. The highest BCUT2D eigenvalue weighted by Crippen LogP contribution is 2.33. The predicted octanol–water partition coefficient (Wildman–Crippen LogP) is 3.73. The van der Waals surface area contributed by atoms with E-state index in [1.807, 2.05) is 25.2 Å². The molecule has 1 aromatic carbocycles. The predicted molar refractivity (Wildman–Crippen MR) is 136 cm³/mol. The Morgan fingerprint density at radius 2 is 1.89 bits per heavy atom. The van der Waals surface area contributed by atoms with E-state index < -0.39 is 11.6 Å². The van der Waals surface area contributed by atoms with Gasteiger partial charge in [-0.1, -0.05) is 12.2 Å². The van der Waals surface area contributed by atoms with Gasteiger partial charge >= 0.3 is 6.01 Å². The average Bonchev–Trinajstić information content (AvgIpc) is 3.12. The fourth-order valence-corrected chi connectivity index (χ4v) is 4.12. The summed E-state index contributed by atoms with van der Waals surface area (Å²) < 4.78 is 35.6. The van der Waals surface area contributed by atoms with Crippen LogP contribution in [0.2, 0.25) is 0 Å². The van der Waals surface area contributed by atoms with Crippen LogP contribution in [-0.2, 0) is 0 Å². The molecular weight excluding hydrogens is 466 g/mol. The Bertz CT molecular complexity index is 1370. The van der Waals surface area contributed by atoms with Gasteiger partial charge in [0.1, 0.15) is 11.7 Å². The van der Waals surface area contributed by atoms with Crippen LogP contribution in [0, 0.1) is 18.6 Å². The number of hydrogen-bond acceptors (Lipinski definition) is 7. The molecule has 9 nitrogen and oxygen atoms in total. The van der Waals surface area contributed by atoms with Crippen molar-refractivity contribution >= 4 is 28.4 Å². The van der Waals surface area contributed by atoms with Gasteiger partial charge in [-0.15, -0.1) is 0 Å². The fourth-order valence-electron chi connectivity index (χ4n) is 4.12. The molecular formula is C25H28F2N8O. The molecule has 0 radical (unpaired) electrons. The number of aliphatic imine (C=N–C) groups is 1. The number of aromatic amines is 1. The lowest BCUT2D eigenvalue weighted by molar-refractivity contribution is 0.311. The first kappa shape index (κ1) is 23.9. The maximum absolute atomic E-state index is 15.2. The third-order valence-corrected chi connectivity index (χ3v) is 6.18. The number of H-pyrrole nitrogens is 1. The van der Waals surface area contributed by atoms with Crippen LogP contribution in [0.3, 0.4) is 0 Å². The molecule has 3 aromatic rings. The summed E-state index contributed by atoms with van der Waals surface area (Å²) in [6.45, 7) is 7.59. The van der Waals surface area contributed by atoms with E-state index in [0.29, 0.717) is 29.7 Å². The Morgan fingerprint density at radius 3 is 2.67 bits per heavy atom. The number of nitrogens with zero attached hydrogens (tertiary/aromatic N) is 5. The van der Waals surface area contributed by atoms with Gasteiger partial charge in [0, 0.05) is 55.9 Å². The molecule has 0 atom stereocenters. The van der Waals surface area contributed by atoms with E-state index in [2.05, 4.69) is 47.6 Å². The Labute approximate surface area is 207 Å². The molecule has 0 unspecified atom stereocenters. The van der Waals surface area contributed by atoms with Crippen LogP contribution in [0.15, 0.2) is 47.0 Å². The number of anilines is 1. The SMILES string of the molecule is C/C=C1C=C/C(=N\c2cc(N3CCN(C)CC3)nc(Oc3cc(F)c4[nH]c(C)cc4c3F)n2)NNC\1. The largest absolute Gasteiger partial charge is 0.421 e. The molecule has 0 spiro atoms. The number of hydrogen-bond donors (Lipinski definition) is 3. The summed E-state index contributed by atoms with van der Waals surface area (Å²) in [7, 11) is 2.06. The van der Waals surface area contributed by atoms with Crippen LogP contribution in [0.5, 0.6) is 11.8 Å². The van der Waals surface area contributed by atoms with Gasteiger partial charge < -0.3 is 24.9 Å². The number of allylic oxidation sites excluding steroid dienone is 1. The molecule has 188 valence electrons. The van der Waals surface area contributed by atoms with Crippen LogP contribution in [0.25, 0.3) is 10.9 Å². The molecule has 2 aliphatic rings. The third-order valence-electron chi connectivity index (χ3n) is 6.18. The molecule has 2 aromatic heterocycles. The van der Waals surface area contributed by atoms with Crippen molar-refractivity contribution < 1.29 is 13.5 Å². The van der Waals surface area contributed by atoms with Crippen molar-refractivity contribution in [1.82, 2.24) is 30.7 Å². The molecule has 11 heteroatoms. The second-order valence-corrected chi connectivity index (χ2v) is 8.84. The number of rotatable bonds is 4. The zero-order chi connectivity index (χ0) is 25.2. The minimum absolute atomic E-state index is 0.0933. The zero-order valence-corrected chi connectivity index (χ0v) is 20.4. The summed E-state index contributed by atoms with van der Waals surface area (Å²) in [5.41, 5.74) is 7.98. The van der Waals surface area contributed by atoms with Crippen molar-refractivity contribution in [3.8, 4) is 11.8 Å². The molecule has 0 bridgehead atoms. The van der Waals surface area contributed by atoms with Gasteiger partial charge in [0.15, 0.2) is 23.2 Å². The highest BCUT2D eigenvalue weighted by atomic mass is 19.1. The van der Waals surface area contributed by atoms with E-state index in [1.54, 1.807) is 13.0 Å². The highest BCUT2D eigenvalue weighted by Gasteiger charge is 2.21. The summed E-state index contributed by atoms with van der Waals surface area (Å²) in [6, 6.07) is 4.19. The van der Waals surface area contributed by atoms with Crippen LogP contribution < -0.4 is 20.5 Å². The number of ether oxygens (including phenoxy) is 1. The van der Waals surface area contributed by atoms with E-state index in [-0.39, 0.29) is 22.7 Å². The number of likely N-dealkylation sites (N-methyl/N-ethyl adjacent to an activating group) is 1. The standard InChI is InChI=1S/C25H28F2N8O/c1-4-16-5-6-20(33-28-14-16)30-21-13-22(35-9-7-34(3)8-10-35)32-25(31-21)36-19-12-18(26)24-17(23(19)27)11-15(2)29-24/h4-6,11-13,28-29H,7-10,14H2,1-3H3,(H,30,31,32,33)/b16-4+. The molecule has 36 heavy (non-hydrogen) atoms. The topological polar surface area (TPSA) is 93.7 Å². The van der Waals surface area contributed by atoms with Crippen molar-refractivity contribution in [2.24, 2.45) is 4.99 Å². The number of nitrogens with one attached hydrogen (secondary N) is 3.